The van der Waals surface area contributed by atoms with Crippen LogP contribution < -0.4 is 20.3 Å². The summed E-state index contributed by atoms with van der Waals surface area (Å²) in [4.78, 5) is 13.0. The molecular weight excluding hydrogens is 352 g/mol. The first-order valence-electron chi connectivity index (χ1n) is 8.88. The van der Waals surface area contributed by atoms with Crippen LogP contribution in [0.2, 0.25) is 0 Å². The maximum Gasteiger partial charge on any atom is 0.255 e. The molecule has 6 heteroatoms. The third-order valence-corrected chi connectivity index (χ3v) is 5.06. The average Bonchev–Trinajstić information content (AvgIpc) is 3.15. The molecule has 1 fully saturated rings. The second-order valence-electron chi connectivity index (χ2n) is 6.71. The van der Waals surface area contributed by atoms with Crippen LogP contribution in [0.3, 0.4) is 0 Å². The van der Waals surface area contributed by atoms with Gasteiger partial charge in [0.25, 0.3) is 5.56 Å². The maximum atomic E-state index is 13.0. The molecule has 0 amide bonds. The van der Waals surface area contributed by atoms with Crippen molar-refractivity contribution in [2.45, 2.75) is 44.8 Å². The Morgan fingerprint density at radius 2 is 1.88 bits per heavy atom. The zero-order chi connectivity index (χ0) is 18.7. The van der Waals surface area contributed by atoms with Gasteiger partial charge in [-0.2, -0.15) is 0 Å². The maximum absolute atomic E-state index is 13.0. The van der Waals surface area contributed by atoms with E-state index in [-0.39, 0.29) is 12.1 Å². The molecule has 1 aromatic carbocycles. The van der Waals surface area contributed by atoms with Crippen LogP contribution >= 0.6 is 11.6 Å². The number of rotatable bonds is 7. The number of pyridine rings is 1. The summed E-state index contributed by atoms with van der Waals surface area (Å²) in [5.74, 6) is 1.20. The smallest absolute Gasteiger partial charge is 0.255 e. The molecule has 3 rings (SSSR count). The van der Waals surface area contributed by atoms with E-state index in [0.29, 0.717) is 29.1 Å². The fourth-order valence-corrected chi connectivity index (χ4v) is 3.72. The highest BCUT2D eigenvalue weighted by atomic mass is 35.5. The van der Waals surface area contributed by atoms with E-state index in [1.54, 1.807) is 18.8 Å². The van der Waals surface area contributed by atoms with Gasteiger partial charge in [-0.1, -0.05) is 31.0 Å². The molecule has 0 bridgehead atoms. The van der Waals surface area contributed by atoms with Crippen molar-refractivity contribution in [3.05, 3.63) is 45.7 Å². The van der Waals surface area contributed by atoms with E-state index in [0.717, 1.165) is 16.5 Å². The lowest BCUT2D eigenvalue weighted by atomic mass is 10.1. The first kappa shape index (κ1) is 18.8. The van der Waals surface area contributed by atoms with Gasteiger partial charge in [-0.15, -0.1) is 0 Å². The van der Waals surface area contributed by atoms with Crippen LogP contribution in [0.5, 0.6) is 11.5 Å². The summed E-state index contributed by atoms with van der Waals surface area (Å²) < 4.78 is 12.4. The summed E-state index contributed by atoms with van der Waals surface area (Å²) in [6.45, 7) is 4.55. The standard InChI is InChI=1S/C20H25ClN2O3/c1-13(21)12-23-17-10-19(26-3)18(25-2)9-14(17)8-15(20(23)24)11-22-16-6-4-5-7-16/h8-10,16,22H,1,4-7,11-12H2,2-3H3. The summed E-state index contributed by atoms with van der Waals surface area (Å²) in [5, 5.41) is 4.82. The highest BCUT2D eigenvalue weighted by Crippen LogP contribution is 2.32. The van der Waals surface area contributed by atoms with E-state index in [1.165, 1.54) is 25.7 Å². The lowest BCUT2D eigenvalue weighted by molar-refractivity contribution is 0.355. The fraction of sp³-hybridized carbons (Fsp3) is 0.450. The van der Waals surface area contributed by atoms with Crippen molar-refractivity contribution in [2.24, 2.45) is 0 Å². The van der Waals surface area contributed by atoms with Gasteiger partial charge in [0.1, 0.15) is 0 Å². The number of ether oxygens (including phenoxy) is 2. The minimum Gasteiger partial charge on any atom is -0.493 e. The molecule has 140 valence electrons. The topological polar surface area (TPSA) is 52.5 Å². The van der Waals surface area contributed by atoms with Gasteiger partial charge in [0.05, 0.1) is 26.3 Å². The highest BCUT2D eigenvalue weighted by molar-refractivity contribution is 6.29. The van der Waals surface area contributed by atoms with Gasteiger partial charge < -0.3 is 19.4 Å². The SMILES string of the molecule is C=C(Cl)Cn1c(=O)c(CNC2CCCC2)cc2cc(OC)c(OC)cc21. The summed E-state index contributed by atoms with van der Waals surface area (Å²) in [6, 6.07) is 6.12. The van der Waals surface area contributed by atoms with Crippen LogP contribution in [0, 0.1) is 0 Å². The number of aromatic nitrogens is 1. The van der Waals surface area contributed by atoms with Crippen molar-refractivity contribution in [2.75, 3.05) is 14.2 Å². The lowest BCUT2D eigenvalue weighted by Crippen LogP contribution is -2.31. The minimum atomic E-state index is -0.0583. The van der Waals surface area contributed by atoms with Crippen molar-refractivity contribution < 1.29 is 9.47 Å². The van der Waals surface area contributed by atoms with E-state index < -0.39 is 0 Å². The molecule has 2 aromatic rings. The lowest BCUT2D eigenvalue weighted by Gasteiger charge is -2.17. The summed E-state index contributed by atoms with van der Waals surface area (Å²) >= 11 is 6.02. The number of halogens is 1. The first-order chi connectivity index (χ1) is 12.5. The molecule has 26 heavy (non-hydrogen) atoms. The third-order valence-electron chi connectivity index (χ3n) is 4.94. The number of allylic oxidation sites excluding steroid dienone is 1. The minimum absolute atomic E-state index is 0.0583. The van der Waals surface area contributed by atoms with Gasteiger partial charge in [-0.25, -0.2) is 0 Å². The first-order valence-corrected chi connectivity index (χ1v) is 9.26. The van der Waals surface area contributed by atoms with Gasteiger partial charge in [0, 0.05) is 34.6 Å². The summed E-state index contributed by atoms with van der Waals surface area (Å²) in [6.07, 6.45) is 4.85. The Bertz CT molecular complexity index is 869. The highest BCUT2D eigenvalue weighted by Gasteiger charge is 2.17. The van der Waals surface area contributed by atoms with E-state index in [9.17, 15) is 4.79 Å². The fourth-order valence-electron chi connectivity index (χ4n) is 3.60. The molecule has 1 heterocycles. The zero-order valence-corrected chi connectivity index (χ0v) is 16.1. The van der Waals surface area contributed by atoms with Crippen molar-refractivity contribution in [1.29, 1.82) is 0 Å². The molecule has 1 N–H and O–H groups in total. The zero-order valence-electron chi connectivity index (χ0n) is 15.3. The molecule has 0 atom stereocenters. The quantitative estimate of drug-likeness (QED) is 0.798. The second-order valence-corrected chi connectivity index (χ2v) is 7.24. The Hall–Kier alpha value is -1.98. The van der Waals surface area contributed by atoms with Crippen LogP contribution in [0.25, 0.3) is 10.9 Å². The van der Waals surface area contributed by atoms with Crippen LogP contribution in [-0.4, -0.2) is 24.8 Å². The predicted octanol–water partition coefficient (Wildman–Crippen LogP) is 3.80. The second kappa shape index (κ2) is 8.14. The molecule has 5 nitrogen and oxygen atoms in total. The summed E-state index contributed by atoms with van der Waals surface area (Å²) in [7, 11) is 3.18. The van der Waals surface area contributed by atoms with E-state index in [2.05, 4.69) is 11.9 Å². The summed E-state index contributed by atoms with van der Waals surface area (Å²) in [5.41, 5.74) is 1.41. The number of methoxy groups -OCH3 is 2. The molecule has 0 unspecified atom stereocenters. The van der Waals surface area contributed by atoms with E-state index in [4.69, 9.17) is 21.1 Å². The Morgan fingerprint density at radius 1 is 1.23 bits per heavy atom. The van der Waals surface area contributed by atoms with Gasteiger partial charge in [-0.05, 0) is 25.0 Å². The van der Waals surface area contributed by atoms with Crippen molar-refractivity contribution in [3.63, 3.8) is 0 Å². The normalized spacial score (nSPS) is 14.7. The van der Waals surface area contributed by atoms with Crippen LogP contribution in [0.1, 0.15) is 31.2 Å². The Labute approximate surface area is 158 Å². The predicted molar refractivity (Wildman–Crippen MR) is 105 cm³/mol. The molecule has 0 aliphatic heterocycles. The number of hydrogen-bond acceptors (Lipinski definition) is 4. The number of benzene rings is 1. The van der Waals surface area contributed by atoms with Crippen LogP contribution in [-0.2, 0) is 13.1 Å². The third kappa shape index (κ3) is 3.89. The molecule has 0 radical (unpaired) electrons. The Kier molecular flexibility index (Phi) is 5.89. The van der Waals surface area contributed by atoms with Crippen LogP contribution in [0.4, 0.5) is 0 Å². The van der Waals surface area contributed by atoms with Crippen molar-refractivity contribution in [3.8, 4) is 11.5 Å². The molecule has 1 aliphatic rings. The van der Waals surface area contributed by atoms with Crippen molar-refractivity contribution in [1.82, 2.24) is 9.88 Å². The number of fused-ring (bicyclic) bond motifs is 1. The van der Waals surface area contributed by atoms with Gasteiger partial charge in [0.2, 0.25) is 0 Å². The van der Waals surface area contributed by atoms with Gasteiger partial charge in [0.15, 0.2) is 11.5 Å². The Morgan fingerprint density at radius 3 is 2.50 bits per heavy atom. The molecular formula is C20H25ClN2O3. The Balaban J connectivity index is 2.08. The average molecular weight is 377 g/mol. The largest absolute Gasteiger partial charge is 0.493 e. The van der Waals surface area contributed by atoms with E-state index >= 15 is 0 Å². The van der Waals surface area contributed by atoms with E-state index in [1.807, 2.05) is 18.2 Å². The number of nitrogens with zero attached hydrogens (tertiary/aromatic N) is 1. The monoisotopic (exact) mass is 376 g/mol. The molecule has 1 saturated carbocycles. The number of hydrogen-bond donors (Lipinski definition) is 1. The van der Waals surface area contributed by atoms with Crippen LogP contribution in [0.15, 0.2) is 34.6 Å². The molecule has 0 saturated heterocycles. The molecule has 1 aromatic heterocycles. The molecule has 0 spiro atoms. The van der Waals surface area contributed by atoms with Crippen molar-refractivity contribution >= 4 is 22.5 Å². The van der Waals surface area contributed by atoms with Gasteiger partial charge in [-0.3, -0.25) is 4.79 Å². The number of nitrogens with one attached hydrogen (secondary N) is 1. The van der Waals surface area contributed by atoms with Gasteiger partial charge >= 0.3 is 0 Å². The molecule has 1 aliphatic carbocycles.